The van der Waals surface area contributed by atoms with Crippen LogP contribution in [0.2, 0.25) is 0 Å². The van der Waals surface area contributed by atoms with Gasteiger partial charge < -0.3 is 14.1 Å². The summed E-state index contributed by atoms with van der Waals surface area (Å²) in [7, 11) is 0. The molecule has 0 spiro atoms. The standard InChI is InChI=1S/C22H27FN2O4/c1-3-16(2)22(27)25-10-8-24(9-11-25)13-19-12-20(26)21(15-28-19)29-14-17-4-6-18(23)7-5-17/h4-7,12,15-16H,3,8-11,13-14H2,1-2H3/t16-/m1/s1. The number of hydrogen-bond donors (Lipinski definition) is 0. The molecule has 1 fully saturated rings. The van der Waals surface area contributed by atoms with E-state index in [9.17, 15) is 14.0 Å². The van der Waals surface area contributed by atoms with Gasteiger partial charge in [-0.05, 0) is 24.1 Å². The van der Waals surface area contributed by atoms with Crippen molar-refractivity contribution in [2.45, 2.75) is 33.4 Å². The zero-order valence-electron chi connectivity index (χ0n) is 16.9. The van der Waals surface area contributed by atoms with E-state index in [1.165, 1.54) is 24.5 Å². The number of piperazine rings is 1. The van der Waals surface area contributed by atoms with Crippen LogP contribution in [-0.2, 0) is 17.9 Å². The van der Waals surface area contributed by atoms with Gasteiger partial charge in [-0.15, -0.1) is 0 Å². The number of benzene rings is 1. The van der Waals surface area contributed by atoms with Gasteiger partial charge in [0.1, 0.15) is 24.4 Å². The Morgan fingerprint density at radius 2 is 1.90 bits per heavy atom. The van der Waals surface area contributed by atoms with Gasteiger partial charge in [0.15, 0.2) is 0 Å². The lowest BCUT2D eigenvalue weighted by Gasteiger charge is -2.35. The Morgan fingerprint density at radius 3 is 2.52 bits per heavy atom. The summed E-state index contributed by atoms with van der Waals surface area (Å²) in [4.78, 5) is 28.6. The van der Waals surface area contributed by atoms with Crippen LogP contribution in [-0.4, -0.2) is 41.9 Å². The van der Waals surface area contributed by atoms with Crippen LogP contribution in [0.4, 0.5) is 4.39 Å². The van der Waals surface area contributed by atoms with Gasteiger partial charge in [-0.3, -0.25) is 14.5 Å². The number of rotatable bonds is 7. The molecule has 0 radical (unpaired) electrons. The van der Waals surface area contributed by atoms with E-state index in [-0.39, 0.29) is 35.4 Å². The lowest BCUT2D eigenvalue weighted by molar-refractivity contribution is -0.136. The van der Waals surface area contributed by atoms with Crippen molar-refractivity contribution in [2.75, 3.05) is 26.2 Å². The quantitative estimate of drug-likeness (QED) is 0.712. The van der Waals surface area contributed by atoms with Crippen molar-refractivity contribution in [1.82, 2.24) is 9.80 Å². The zero-order chi connectivity index (χ0) is 20.8. The van der Waals surface area contributed by atoms with Crippen molar-refractivity contribution in [3.05, 3.63) is 64.0 Å². The van der Waals surface area contributed by atoms with E-state index < -0.39 is 0 Å². The van der Waals surface area contributed by atoms with Crippen LogP contribution >= 0.6 is 0 Å². The first-order valence-corrected chi connectivity index (χ1v) is 9.96. The molecular formula is C22H27FN2O4. The normalized spacial score (nSPS) is 15.9. The molecule has 1 aromatic carbocycles. The van der Waals surface area contributed by atoms with E-state index in [1.54, 1.807) is 12.1 Å². The Kier molecular flexibility index (Phi) is 7.04. The Hall–Kier alpha value is -2.67. The third-order valence-electron chi connectivity index (χ3n) is 5.26. The van der Waals surface area contributed by atoms with Crippen molar-refractivity contribution in [3.8, 4) is 5.75 Å². The Labute approximate surface area is 169 Å². The van der Waals surface area contributed by atoms with Gasteiger partial charge in [0.05, 0.1) is 6.54 Å². The minimum atomic E-state index is -0.317. The highest BCUT2D eigenvalue weighted by atomic mass is 19.1. The minimum absolute atomic E-state index is 0.0574. The summed E-state index contributed by atoms with van der Waals surface area (Å²) in [6.07, 6.45) is 2.17. The van der Waals surface area contributed by atoms with Gasteiger partial charge in [0.2, 0.25) is 17.1 Å². The molecule has 1 saturated heterocycles. The number of halogens is 1. The predicted molar refractivity (Wildman–Crippen MR) is 107 cm³/mol. The Balaban J connectivity index is 1.51. The molecule has 0 unspecified atom stereocenters. The molecule has 3 rings (SSSR count). The molecule has 7 heteroatoms. The highest BCUT2D eigenvalue weighted by Gasteiger charge is 2.24. The van der Waals surface area contributed by atoms with Gasteiger partial charge in [0.25, 0.3) is 0 Å². The van der Waals surface area contributed by atoms with Crippen LogP contribution in [0.15, 0.2) is 45.8 Å². The number of carbonyl (C=O) groups excluding carboxylic acids is 1. The molecule has 6 nitrogen and oxygen atoms in total. The predicted octanol–water partition coefficient (Wildman–Crippen LogP) is 3.05. The molecule has 1 aliphatic rings. The highest BCUT2D eigenvalue weighted by molar-refractivity contribution is 5.78. The summed E-state index contributed by atoms with van der Waals surface area (Å²) in [6.45, 7) is 7.52. The second kappa shape index (κ2) is 9.69. The smallest absolute Gasteiger partial charge is 0.227 e. The summed E-state index contributed by atoms with van der Waals surface area (Å²) < 4.78 is 24.0. The molecular weight excluding hydrogens is 375 g/mol. The number of ether oxygens (including phenoxy) is 1. The summed E-state index contributed by atoms with van der Waals surface area (Å²) in [5, 5.41) is 0. The maximum absolute atomic E-state index is 12.9. The van der Waals surface area contributed by atoms with Crippen molar-refractivity contribution in [1.29, 1.82) is 0 Å². The van der Waals surface area contributed by atoms with Gasteiger partial charge >= 0.3 is 0 Å². The third kappa shape index (κ3) is 5.67. The fourth-order valence-electron chi connectivity index (χ4n) is 3.20. The zero-order valence-corrected chi connectivity index (χ0v) is 16.9. The second-order valence-corrected chi connectivity index (χ2v) is 7.40. The fraction of sp³-hybridized carbons (Fsp3) is 0.455. The van der Waals surface area contributed by atoms with E-state index in [1.807, 2.05) is 18.7 Å². The van der Waals surface area contributed by atoms with Gasteiger partial charge in [-0.1, -0.05) is 26.0 Å². The van der Waals surface area contributed by atoms with E-state index >= 15 is 0 Å². The molecule has 1 amide bonds. The number of carbonyl (C=O) groups is 1. The average molecular weight is 402 g/mol. The molecule has 1 aromatic heterocycles. The molecule has 29 heavy (non-hydrogen) atoms. The minimum Gasteiger partial charge on any atom is -0.482 e. The largest absolute Gasteiger partial charge is 0.482 e. The molecule has 2 aromatic rings. The molecule has 0 aliphatic carbocycles. The van der Waals surface area contributed by atoms with Crippen LogP contribution in [0, 0.1) is 11.7 Å². The number of nitrogens with zero attached hydrogens (tertiary/aromatic N) is 2. The topological polar surface area (TPSA) is 63.0 Å². The van der Waals surface area contributed by atoms with Gasteiger partial charge in [-0.2, -0.15) is 0 Å². The maximum atomic E-state index is 12.9. The van der Waals surface area contributed by atoms with Crippen molar-refractivity contribution >= 4 is 5.91 Å². The Morgan fingerprint density at radius 1 is 1.21 bits per heavy atom. The molecule has 1 aliphatic heterocycles. The van der Waals surface area contributed by atoms with E-state index in [4.69, 9.17) is 9.15 Å². The van der Waals surface area contributed by atoms with Crippen molar-refractivity contribution in [2.24, 2.45) is 5.92 Å². The molecule has 0 bridgehead atoms. The van der Waals surface area contributed by atoms with Crippen LogP contribution in [0.1, 0.15) is 31.6 Å². The van der Waals surface area contributed by atoms with Crippen LogP contribution in [0.3, 0.4) is 0 Å². The van der Waals surface area contributed by atoms with E-state index in [2.05, 4.69) is 4.90 Å². The van der Waals surface area contributed by atoms with E-state index in [0.717, 1.165) is 25.1 Å². The average Bonchev–Trinajstić information content (AvgIpc) is 2.74. The fourth-order valence-corrected chi connectivity index (χ4v) is 3.20. The first-order valence-electron chi connectivity index (χ1n) is 9.96. The summed E-state index contributed by atoms with van der Waals surface area (Å²) in [5.41, 5.74) is 0.513. The number of hydrogen-bond acceptors (Lipinski definition) is 5. The van der Waals surface area contributed by atoms with Gasteiger partial charge in [-0.25, -0.2) is 4.39 Å². The molecule has 1 atom stereocenters. The summed E-state index contributed by atoms with van der Waals surface area (Å²) in [6, 6.07) is 7.35. The summed E-state index contributed by atoms with van der Waals surface area (Å²) >= 11 is 0. The lowest BCUT2D eigenvalue weighted by atomic mass is 10.1. The van der Waals surface area contributed by atoms with Crippen molar-refractivity contribution in [3.63, 3.8) is 0 Å². The number of amides is 1. The van der Waals surface area contributed by atoms with Crippen LogP contribution in [0.25, 0.3) is 0 Å². The molecule has 156 valence electrons. The molecule has 2 heterocycles. The third-order valence-corrected chi connectivity index (χ3v) is 5.26. The van der Waals surface area contributed by atoms with Crippen LogP contribution < -0.4 is 10.2 Å². The van der Waals surface area contributed by atoms with E-state index in [0.29, 0.717) is 25.4 Å². The highest BCUT2D eigenvalue weighted by Crippen LogP contribution is 2.14. The second-order valence-electron chi connectivity index (χ2n) is 7.40. The Bertz CT molecular complexity index is 873. The van der Waals surface area contributed by atoms with Crippen LogP contribution in [0.5, 0.6) is 5.75 Å². The lowest BCUT2D eigenvalue weighted by Crippen LogP contribution is -2.49. The first kappa shape index (κ1) is 21.0. The monoisotopic (exact) mass is 402 g/mol. The first-order chi connectivity index (χ1) is 14.0. The maximum Gasteiger partial charge on any atom is 0.227 e. The van der Waals surface area contributed by atoms with Gasteiger partial charge in [0, 0.05) is 38.2 Å². The summed E-state index contributed by atoms with van der Waals surface area (Å²) in [5.74, 6) is 0.638. The SMILES string of the molecule is CC[C@@H](C)C(=O)N1CCN(Cc2cc(=O)c(OCc3ccc(F)cc3)co2)CC1. The molecule has 0 saturated carbocycles. The molecule has 0 N–H and O–H groups in total. The van der Waals surface area contributed by atoms with Crippen molar-refractivity contribution < 1.29 is 18.3 Å².